The third-order valence-corrected chi connectivity index (χ3v) is 17.9. The lowest BCUT2D eigenvalue weighted by Crippen LogP contribution is -2.45. The van der Waals surface area contributed by atoms with E-state index in [1.54, 1.807) is 0 Å². The number of nitrogens with zero attached hydrogens (tertiary/aromatic N) is 2. The van der Waals surface area contributed by atoms with Crippen molar-refractivity contribution in [3.8, 4) is 0 Å². The van der Waals surface area contributed by atoms with Crippen LogP contribution in [0.25, 0.3) is 11.0 Å². The fraction of sp³-hybridized carbons (Fsp3) is 0.750. The normalized spacial score (nSPS) is 15.3. The Labute approximate surface area is 217 Å². The molecule has 0 amide bonds. The van der Waals surface area contributed by atoms with Crippen LogP contribution in [0.15, 0.2) is 6.07 Å². The van der Waals surface area contributed by atoms with Crippen molar-refractivity contribution in [3.05, 3.63) is 17.5 Å². The van der Waals surface area contributed by atoms with Crippen molar-refractivity contribution in [1.82, 2.24) is 9.55 Å². The Kier molecular flexibility index (Phi) is 8.24. The highest BCUT2D eigenvalue weighted by atomic mass is 28.4. The molecule has 0 unspecified atom stereocenters. The van der Waals surface area contributed by atoms with Crippen LogP contribution in [-0.2, 0) is 23.8 Å². The molecule has 1 aromatic carbocycles. The minimum Gasteiger partial charge on any atom is -0.415 e. The fourth-order valence-corrected chi connectivity index (χ4v) is 6.56. The smallest absolute Gasteiger partial charge is 0.192 e. The summed E-state index contributed by atoms with van der Waals surface area (Å²) >= 11 is 0. The van der Waals surface area contributed by atoms with Crippen LogP contribution in [0.2, 0.25) is 36.3 Å². The first kappa shape index (κ1) is 28.3. The van der Waals surface area contributed by atoms with Gasteiger partial charge in [0.2, 0.25) is 0 Å². The second-order valence-corrected chi connectivity index (χ2v) is 23.4. The number of fused-ring (bicyclic) bond motifs is 3. The van der Waals surface area contributed by atoms with Gasteiger partial charge in [-0.25, -0.2) is 4.98 Å². The number of aromatic nitrogens is 2. The van der Waals surface area contributed by atoms with Crippen LogP contribution >= 0.6 is 0 Å². The highest BCUT2D eigenvalue weighted by Gasteiger charge is 2.38. The van der Waals surface area contributed by atoms with Gasteiger partial charge in [0.05, 0.1) is 23.5 Å². The van der Waals surface area contributed by atoms with Crippen molar-refractivity contribution in [1.29, 1.82) is 0 Å². The number of benzene rings is 1. The molecular weight excluding hydrogens is 465 g/mol. The minimum absolute atomic E-state index is 0.218. The standard InChI is InChI=1S/C28H52N4OSi2/c1-12-13-16-23-30-25-22(31-34(8,9)27(2,3)4)20-21-15-14-17-29-24(21)26(25)32(23)18-19-33-35(10,11)28(5,6)7/h20,29,31H,12-19H2,1-11H3. The fourth-order valence-electron chi connectivity index (χ4n) is 4.29. The molecule has 5 nitrogen and oxygen atoms in total. The predicted molar refractivity (Wildman–Crippen MR) is 159 cm³/mol. The van der Waals surface area contributed by atoms with E-state index in [1.165, 1.54) is 41.1 Å². The van der Waals surface area contributed by atoms with Gasteiger partial charge in [-0.2, -0.15) is 0 Å². The summed E-state index contributed by atoms with van der Waals surface area (Å²) in [5, 5.41) is 4.22. The molecule has 1 aromatic heterocycles. The monoisotopic (exact) mass is 516 g/mol. The lowest BCUT2D eigenvalue weighted by atomic mass is 10.0. The third-order valence-electron chi connectivity index (χ3n) is 8.76. The first-order chi connectivity index (χ1) is 16.1. The molecule has 0 fully saturated rings. The van der Waals surface area contributed by atoms with E-state index in [9.17, 15) is 0 Å². The average molecular weight is 517 g/mol. The van der Waals surface area contributed by atoms with Gasteiger partial charge in [-0.15, -0.1) is 0 Å². The summed E-state index contributed by atoms with van der Waals surface area (Å²) in [5.74, 6) is 1.21. The summed E-state index contributed by atoms with van der Waals surface area (Å²) in [5.41, 5.74) is 6.39. The Morgan fingerprint density at radius 2 is 1.77 bits per heavy atom. The topological polar surface area (TPSA) is 51.1 Å². The molecule has 0 bridgehead atoms. The van der Waals surface area contributed by atoms with Crippen LogP contribution in [0.4, 0.5) is 11.4 Å². The Bertz CT molecular complexity index is 1030. The van der Waals surface area contributed by atoms with Gasteiger partial charge in [-0.3, -0.25) is 0 Å². The molecule has 0 radical (unpaired) electrons. The summed E-state index contributed by atoms with van der Waals surface area (Å²) in [6.07, 6.45) is 5.66. The van der Waals surface area contributed by atoms with Crippen LogP contribution < -0.4 is 10.3 Å². The van der Waals surface area contributed by atoms with E-state index < -0.39 is 16.6 Å². The molecule has 0 saturated carbocycles. The van der Waals surface area contributed by atoms with Crippen molar-refractivity contribution < 1.29 is 4.43 Å². The largest absolute Gasteiger partial charge is 0.415 e. The van der Waals surface area contributed by atoms with E-state index in [4.69, 9.17) is 9.41 Å². The Balaban J connectivity index is 2.11. The van der Waals surface area contributed by atoms with Crippen molar-refractivity contribution in [2.45, 2.75) is 123 Å². The maximum atomic E-state index is 6.64. The second kappa shape index (κ2) is 10.2. The lowest BCUT2D eigenvalue weighted by Gasteiger charge is -2.38. The van der Waals surface area contributed by atoms with Gasteiger partial charge in [0.25, 0.3) is 0 Å². The Hall–Kier alpha value is -1.32. The zero-order valence-corrected chi connectivity index (χ0v) is 26.5. The molecule has 2 heterocycles. The van der Waals surface area contributed by atoms with Crippen LogP contribution in [0.5, 0.6) is 0 Å². The van der Waals surface area contributed by atoms with Crippen LogP contribution in [0, 0.1) is 0 Å². The van der Waals surface area contributed by atoms with Crippen molar-refractivity contribution in [2.75, 3.05) is 23.5 Å². The van der Waals surface area contributed by atoms with Gasteiger partial charge in [0.1, 0.15) is 11.3 Å². The minimum atomic E-state index is -1.80. The molecule has 0 aliphatic carbocycles. The number of hydrogen-bond acceptors (Lipinski definition) is 4. The van der Waals surface area contributed by atoms with Gasteiger partial charge < -0.3 is 19.3 Å². The number of imidazole rings is 1. The molecule has 3 rings (SSSR count). The van der Waals surface area contributed by atoms with Gasteiger partial charge in [-0.1, -0.05) is 68.0 Å². The molecule has 2 N–H and O–H groups in total. The van der Waals surface area contributed by atoms with E-state index in [1.807, 2.05) is 0 Å². The molecular formula is C28H52N4OSi2. The van der Waals surface area contributed by atoms with Crippen LogP contribution in [0.3, 0.4) is 0 Å². The second-order valence-electron chi connectivity index (χ2n) is 13.6. The lowest BCUT2D eigenvalue weighted by molar-refractivity contribution is 0.271. The first-order valence-corrected chi connectivity index (χ1v) is 19.7. The molecule has 0 spiro atoms. The number of rotatable bonds is 9. The van der Waals surface area contributed by atoms with Crippen molar-refractivity contribution >= 4 is 39.0 Å². The van der Waals surface area contributed by atoms with E-state index in [0.717, 1.165) is 44.5 Å². The van der Waals surface area contributed by atoms with E-state index >= 15 is 0 Å². The molecule has 0 atom stereocenters. The van der Waals surface area contributed by atoms with Gasteiger partial charge in [0, 0.05) is 19.5 Å². The highest BCUT2D eigenvalue weighted by Crippen LogP contribution is 2.42. The summed E-state index contributed by atoms with van der Waals surface area (Å²) in [4.78, 5) is 9.39. The number of aryl methyl sites for hydroxylation is 2. The van der Waals surface area contributed by atoms with E-state index in [-0.39, 0.29) is 10.1 Å². The van der Waals surface area contributed by atoms with Crippen LogP contribution in [-0.4, -0.2) is 39.3 Å². The maximum Gasteiger partial charge on any atom is 0.192 e. The maximum absolute atomic E-state index is 6.64. The summed E-state index contributed by atoms with van der Waals surface area (Å²) in [6, 6.07) is 2.40. The SMILES string of the molecule is CCCCc1nc2c(N[Si](C)(C)C(C)(C)C)cc3c(c2n1CCO[Si](C)(C)C(C)(C)C)NCCC3. The quantitative estimate of drug-likeness (QED) is 0.330. The zero-order valence-electron chi connectivity index (χ0n) is 24.5. The molecule has 2 aromatic rings. The average Bonchev–Trinajstić information content (AvgIpc) is 3.09. The third kappa shape index (κ3) is 5.99. The van der Waals surface area contributed by atoms with Gasteiger partial charge in [0.15, 0.2) is 16.6 Å². The van der Waals surface area contributed by atoms with E-state index in [0.29, 0.717) is 0 Å². The summed E-state index contributed by atoms with van der Waals surface area (Å²) in [7, 11) is -3.55. The van der Waals surface area contributed by atoms with Gasteiger partial charge in [-0.05, 0) is 54.1 Å². The Morgan fingerprint density at radius 1 is 1.09 bits per heavy atom. The number of anilines is 2. The highest BCUT2D eigenvalue weighted by molar-refractivity contribution is 6.83. The number of unbranched alkanes of at least 4 members (excludes halogenated alkanes) is 1. The summed E-state index contributed by atoms with van der Waals surface area (Å²) < 4.78 is 9.13. The first-order valence-electron chi connectivity index (χ1n) is 13.8. The molecule has 1 aliphatic rings. The molecule has 1 aliphatic heterocycles. The van der Waals surface area contributed by atoms with Crippen LogP contribution in [0.1, 0.15) is 79.1 Å². The van der Waals surface area contributed by atoms with E-state index in [2.05, 4.69) is 95.6 Å². The zero-order chi connectivity index (χ0) is 26.2. The van der Waals surface area contributed by atoms with Crippen molar-refractivity contribution in [3.63, 3.8) is 0 Å². The van der Waals surface area contributed by atoms with Crippen molar-refractivity contribution in [2.24, 2.45) is 0 Å². The molecule has 0 saturated heterocycles. The van der Waals surface area contributed by atoms with Gasteiger partial charge >= 0.3 is 0 Å². The number of hydrogen-bond donors (Lipinski definition) is 2. The number of nitrogens with one attached hydrogen (secondary N) is 2. The summed E-state index contributed by atoms with van der Waals surface area (Å²) in [6.45, 7) is 28.5. The Morgan fingerprint density at radius 3 is 2.37 bits per heavy atom. The molecule has 7 heteroatoms. The molecule has 35 heavy (non-hydrogen) atoms. The predicted octanol–water partition coefficient (Wildman–Crippen LogP) is 8.18. The molecule has 198 valence electrons.